The number of methoxy groups -OCH3 is 2. The first-order chi connectivity index (χ1) is 7.83. The van der Waals surface area contributed by atoms with Gasteiger partial charge >= 0.3 is 0 Å². The third kappa shape index (κ3) is 2.38. The fourth-order valence-corrected chi connectivity index (χ4v) is 2.11. The van der Waals surface area contributed by atoms with Crippen molar-refractivity contribution in [1.29, 1.82) is 0 Å². The average Bonchev–Trinajstić information content (AvgIpc) is 2.39. The zero-order valence-corrected chi connectivity index (χ0v) is 9.95. The molecule has 0 unspecified atom stereocenters. The maximum Gasteiger partial charge on any atom is 0.0958 e. The SMILES string of the molecule is COC1=CC=C(C2=CC=C(OC)CC2)CC1. The Morgan fingerprint density at radius 3 is 1.38 bits per heavy atom. The molecule has 0 saturated heterocycles. The summed E-state index contributed by atoms with van der Waals surface area (Å²) < 4.78 is 10.5. The fraction of sp³-hybridized carbons (Fsp3) is 0.429. The van der Waals surface area contributed by atoms with Gasteiger partial charge in [0, 0.05) is 12.8 Å². The van der Waals surface area contributed by atoms with E-state index in [2.05, 4.69) is 24.3 Å². The van der Waals surface area contributed by atoms with E-state index in [4.69, 9.17) is 9.47 Å². The van der Waals surface area contributed by atoms with Crippen molar-refractivity contribution in [2.24, 2.45) is 0 Å². The number of rotatable bonds is 3. The Morgan fingerprint density at radius 1 is 0.688 bits per heavy atom. The Balaban J connectivity index is 2.10. The maximum atomic E-state index is 5.23. The lowest BCUT2D eigenvalue weighted by Crippen LogP contribution is -2.01. The lowest BCUT2D eigenvalue weighted by atomic mass is 9.91. The smallest absolute Gasteiger partial charge is 0.0958 e. The Labute approximate surface area is 96.9 Å². The van der Waals surface area contributed by atoms with Crippen molar-refractivity contribution in [3.8, 4) is 0 Å². The maximum absolute atomic E-state index is 5.23. The first-order valence-corrected chi connectivity index (χ1v) is 5.71. The third-order valence-electron chi connectivity index (χ3n) is 3.16. The second kappa shape index (κ2) is 5.06. The molecule has 0 amide bonds. The number of ether oxygens (including phenoxy) is 2. The fourth-order valence-electron chi connectivity index (χ4n) is 2.11. The molecule has 86 valence electrons. The van der Waals surface area contributed by atoms with E-state index in [1.54, 1.807) is 14.2 Å². The van der Waals surface area contributed by atoms with E-state index in [1.165, 1.54) is 11.1 Å². The second-order valence-corrected chi connectivity index (χ2v) is 4.06. The van der Waals surface area contributed by atoms with Crippen molar-refractivity contribution in [2.75, 3.05) is 14.2 Å². The van der Waals surface area contributed by atoms with E-state index in [9.17, 15) is 0 Å². The minimum atomic E-state index is 1.01. The summed E-state index contributed by atoms with van der Waals surface area (Å²) in [5, 5.41) is 0. The van der Waals surface area contributed by atoms with Gasteiger partial charge in [-0.05, 0) is 36.1 Å². The number of allylic oxidation sites excluding steroid dienone is 8. The molecule has 0 radical (unpaired) electrons. The quantitative estimate of drug-likeness (QED) is 0.722. The van der Waals surface area contributed by atoms with Crippen LogP contribution in [-0.4, -0.2) is 14.2 Å². The summed E-state index contributed by atoms with van der Waals surface area (Å²) in [5.41, 5.74) is 2.87. The van der Waals surface area contributed by atoms with Gasteiger partial charge in [0.25, 0.3) is 0 Å². The molecule has 2 heteroatoms. The van der Waals surface area contributed by atoms with Crippen LogP contribution in [0.1, 0.15) is 25.7 Å². The minimum absolute atomic E-state index is 1.01. The summed E-state index contributed by atoms with van der Waals surface area (Å²) in [6.45, 7) is 0. The van der Waals surface area contributed by atoms with Crippen LogP contribution in [0.5, 0.6) is 0 Å². The van der Waals surface area contributed by atoms with Crippen LogP contribution >= 0.6 is 0 Å². The number of hydrogen-bond donors (Lipinski definition) is 0. The standard InChI is InChI=1S/C14H18O2/c1-15-13-7-3-11(4-8-13)12-5-9-14(16-2)10-6-12/h3,5,7,9H,4,6,8,10H2,1-2H3. The van der Waals surface area contributed by atoms with Crippen molar-refractivity contribution in [2.45, 2.75) is 25.7 Å². The number of hydrogen-bond acceptors (Lipinski definition) is 2. The summed E-state index contributed by atoms with van der Waals surface area (Å²) in [6.07, 6.45) is 12.7. The lowest BCUT2D eigenvalue weighted by Gasteiger charge is -2.19. The van der Waals surface area contributed by atoms with Gasteiger partial charge in [0.1, 0.15) is 0 Å². The van der Waals surface area contributed by atoms with Crippen LogP contribution in [0, 0.1) is 0 Å². The monoisotopic (exact) mass is 218 g/mol. The third-order valence-corrected chi connectivity index (χ3v) is 3.16. The molecule has 16 heavy (non-hydrogen) atoms. The largest absolute Gasteiger partial charge is 0.501 e. The van der Waals surface area contributed by atoms with Crippen LogP contribution in [0.15, 0.2) is 47.0 Å². The van der Waals surface area contributed by atoms with Crippen molar-refractivity contribution in [3.05, 3.63) is 47.0 Å². The zero-order chi connectivity index (χ0) is 11.4. The van der Waals surface area contributed by atoms with Crippen LogP contribution in [0.25, 0.3) is 0 Å². The Bertz CT molecular complexity index is 346. The van der Waals surface area contributed by atoms with Crippen LogP contribution in [0.3, 0.4) is 0 Å². The summed E-state index contributed by atoms with van der Waals surface area (Å²) in [6, 6.07) is 0. The lowest BCUT2D eigenvalue weighted by molar-refractivity contribution is 0.273. The normalized spacial score (nSPS) is 20.4. The van der Waals surface area contributed by atoms with Crippen molar-refractivity contribution in [3.63, 3.8) is 0 Å². The highest BCUT2D eigenvalue weighted by molar-refractivity contribution is 5.41. The Kier molecular flexibility index (Phi) is 3.50. The average molecular weight is 218 g/mol. The van der Waals surface area contributed by atoms with E-state index in [1.807, 2.05) is 0 Å². The predicted molar refractivity (Wildman–Crippen MR) is 64.8 cm³/mol. The van der Waals surface area contributed by atoms with Gasteiger partial charge in [-0.2, -0.15) is 0 Å². The summed E-state index contributed by atoms with van der Waals surface area (Å²) >= 11 is 0. The van der Waals surface area contributed by atoms with Crippen molar-refractivity contribution in [1.82, 2.24) is 0 Å². The molecule has 0 spiro atoms. The van der Waals surface area contributed by atoms with Crippen LogP contribution in [0.2, 0.25) is 0 Å². The van der Waals surface area contributed by atoms with Crippen LogP contribution in [-0.2, 0) is 9.47 Å². The Hall–Kier alpha value is -1.44. The van der Waals surface area contributed by atoms with E-state index < -0.39 is 0 Å². The first-order valence-electron chi connectivity index (χ1n) is 5.71. The van der Waals surface area contributed by atoms with Gasteiger partial charge in [-0.3, -0.25) is 0 Å². The second-order valence-electron chi connectivity index (χ2n) is 4.06. The molecule has 2 aliphatic carbocycles. The molecule has 2 rings (SSSR count). The summed E-state index contributed by atoms with van der Waals surface area (Å²) in [4.78, 5) is 0. The molecule has 0 atom stereocenters. The molecule has 2 aliphatic rings. The molecule has 0 bridgehead atoms. The summed E-state index contributed by atoms with van der Waals surface area (Å²) in [7, 11) is 3.47. The predicted octanol–water partition coefficient (Wildman–Crippen LogP) is 3.49. The highest BCUT2D eigenvalue weighted by atomic mass is 16.5. The molecule has 0 aliphatic heterocycles. The van der Waals surface area contributed by atoms with Crippen LogP contribution < -0.4 is 0 Å². The van der Waals surface area contributed by atoms with E-state index >= 15 is 0 Å². The zero-order valence-electron chi connectivity index (χ0n) is 9.95. The highest BCUT2D eigenvalue weighted by Gasteiger charge is 2.13. The molecular formula is C14H18O2. The van der Waals surface area contributed by atoms with Gasteiger partial charge in [0.2, 0.25) is 0 Å². The van der Waals surface area contributed by atoms with Gasteiger partial charge in [-0.1, -0.05) is 12.2 Å². The highest BCUT2D eigenvalue weighted by Crippen LogP contribution is 2.30. The molecule has 0 saturated carbocycles. The van der Waals surface area contributed by atoms with Gasteiger partial charge in [0.05, 0.1) is 25.7 Å². The minimum Gasteiger partial charge on any atom is -0.501 e. The Morgan fingerprint density at radius 2 is 1.12 bits per heavy atom. The molecular weight excluding hydrogens is 200 g/mol. The van der Waals surface area contributed by atoms with Gasteiger partial charge < -0.3 is 9.47 Å². The van der Waals surface area contributed by atoms with E-state index in [-0.39, 0.29) is 0 Å². The van der Waals surface area contributed by atoms with E-state index in [0.717, 1.165) is 37.2 Å². The molecule has 0 fully saturated rings. The van der Waals surface area contributed by atoms with Gasteiger partial charge in [-0.15, -0.1) is 0 Å². The van der Waals surface area contributed by atoms with E-state index in [0.29, 0.717) is 0 Å². The molecule has 0 N–H and O–H groups in total. The van der Waals surface area contributed by atoms with Gasteiger partial charge in [-0.25, -0.2) is 0 Å². The van der Waals surface area contributed by atoms with Gasteiger partial charge in [0.15, 0.2) is 0 Å². The first kappa shape index (κ1) is 11.1. The molecule has 0 aromatic heterocycles. The van der Waals surface area contributed by atoms with Crippen LogP contribution in [0.4, 0.5) is 0 Å². The van der Waals surface area contributed by atoms with Crippen molar-refractivity contribution < 1.29 is 9.47 Å². The topological polar surface area (TPSA) is 18.5 Å². The molecule has 0 aromatic carbocycles. The van der Waals surface area contributed by atoms with Crippen molar-refractivity contribution >= 4 is 0 Å². The summed E-state index contributed by atoms with van der Waals surface area (Å²) in [5.74, 6) is 2.15. The molecule has 2 nitrogen and oxygen atoms in total. The molecule has 0 heterocycles. The molecule has 0 aromatic rings.